The summed E-state index contributed by atoms with van der Waals surface area (Å²) < 4.78 is 9.73. The van der Waals surface area contributed by atoms with Crippen molar-refractivity contribution in [2.24, 2.45) is 0 Å². The average Bonchev–Trinajstić information content (AvgIpc) is 2.38. The van der Waals surface area contributed by atoms with Crippen LogP contribution in [0.2, 0.25) is 0 Å². The van der Waals surface area contributed by atoms with Gasteiger partial charge in [0.15, 0.2) is 5.78 Å². The van der Waals surface area contributed by atoms with Crippen LogP contribution in [0.4, 0.5) is 4.79 Å². The van der Waals surface area contributed by atoms with Crippen molar-refractivity contribution in [1.82, 2.24) is 5.32 Å². The van der Waals surface area contributed by atoms with Gasteiger partial charge in [-0.2, -0.15) is 0 Å². The number of carbonyl (C=O) groups is 3. The van der Waals surface area contributed by atoms with Crippen molar-refractivity contribution in [3.8, 4) is 0 Å². The molecule has 23 heavy (non-hydrogen) atoms. The third kappa shape index (κ3) is 9.39. The van der Waals surface area contributed by atoms with E-state index in [-0.39, 0.29) is 22.2 Å². The van der Waals surface area contributed by atoms with Crippen molar-refractivity contribution >= 4 is 39.4 Å². The van der Waals surface area contributed by atoms with Gasteiger partial charge in [-0.05, 0) is 34.6 Å². The predicted molar refractivity (Wildman–Crippen MR) is 91.2 cm³/mol. The number of methoxy groups -OCH3 is 1. The number of Topliss-reactive ketones (excluding diaryl/α,β-unsaturated/α-hetero) is 1. The van der Waals surface area contributed by atoms with Crippen LogP contribution in [0.25, 0.3) is 0 Å². The number of nitrogens with one attached hydrogen (secondary N) is 1. The first kappa shape index (κ1) is 21.6. The number of carbonyl (C=O) groups excluding carboxylic acids is 3. The minimum atomic E-state index is -0.931. The Morgan fingerprint density at radius 1 is 1.22 bits per heavy atom. The third-order valence-electron chi connectivity index (χ3n) is 2.20. The van der Waals surface area contributed by atoms with Gasteiger partial charge in [0.1, 0.15) is 17.4 Å². The normalized spacial score (nSPS) is 13.7. The minimum absolute atomic E-state index is 0.0929. The van der Waals surface area contributed by atoms with Crippen LogP contribution in [0.5, 0.6) is 0 Å². The highest BCUT2D eigenvalue weighted by atomic mass is 33.1. The summed E-state index contributed by atoms with van der Waals surface area (Å²) in [6, 6.07) is -0.931. The van der Waals surface area contributed by atoms with E-state index in [0.29, 0.717) is 0 Å². The van der Waals surface area contributed by atoms with E-state index in [2.05, 4.69) is 10.1 Å². The highest BCUT2D eigenvalue weighted by Crippen LogP contribution is 2.32. The molecule has 9 heteroatoms. The zero-order valence-electron chi connectivity index (χ0n) is 14.1. The highest BCUT2D eigenvalue weighted by molar-refractivity contribution is 8.78. The number of aliphatic hydroxyl groups excluding tert-OH is 1. The van der Waals surface area contributed by atoms with Crippen molar-refractivity contribution in [3.63, 3.8) is 0 Å². The van der Waals surface area contributed by atoms with Crippen LogP contribution in [-0.4, -0.2) is 47.5 Å². The SMILES string of the molecule is COC(=O)[C@H](CSS/C(C(C)=O)=C(\C)O)NC(=O)OC(C)(C)C. The Balaban J connectivity index is 4.71. The van der Waals surface area contributed by atoms with Gasteiger partial charge in [0.25, 0.3) is 0 Å². The lowest BCUT2D eigenvalue weighted by Crippen LogP contribution is -2.45. The summed E-state index contributed by atoms with van der Waals surface area (Å²) >= 11 is 0. The summed E-state index contributed by atoms with van der Waals surface area (Å²) in [5.41, 5.74) is -0.689. The topological polar surface area (TPSA) is 102 Å². The van der Waals surface area contributed by atoms with Crippen LogP contribution in [0, 0.1) is 0 Å². The Morgan fingerprint density at radius 3 is 2.17 bits per heavy atom. The molecular weight excluding hydrogens is 342 g/mol. The fraction of sp³-hybridized carbons (Fsp3) is 0.643. The quantitative estimate of drug-likeness (QED) is 0.307. The molecule has 2 N–H and O–H groups in total. The Kier molecular flexibility index (Phi) is 9.14. The molecule has 0 fully saturated rings. The molecule has 0 spiro atoms. The number of amides is 1. The maximum Gasteiger partial charge on any atom is 0.408 e. The molecule has 0 heterocycles. The first-order chi connectivity index (χ1) is 10.5. The summed E-state index contributed by atoms with van der Waals surface area (Å²) in [5, 5.41) is 11.8. The van der Waals surface area contributed by atoms with Crippen LogP contribution < -0.4 is 5.32 Å². The van der Waals surface area contributed by atoms with Gasteiger partial charge in [-0.1, -0.05) is 21.6 Å². The molecule has 0 aromatic heterocycles. The molecule has 0 aliphatic carbocycles. The molecule has 0 aliphatic heterocycles. The van der Waals surface area contributed by atoms with Gasteiger partial charge < -0.3 is 19.9 Å². The summed E-state index contributed by atoms with van der Waals surface area (Å²) in [5.74, 6) is -0.860. The first-order valence-electron chi connectivity index (χ1n) is 6.75. The molecule has 0 aromatic carbocycles. The van der Waals surface area contributed by atoms with E-state index in [1.807, 2.05) is 0 Å². The van der Waals surface area contributed by atoms with E-state index in [1.165, 1.54) is 21.0 Å². The van der Waals surface area contributed by atoms with E-state index in [1.54, 1.807) is 20.8 Å². The second-order valence-electron chi connectivity index (χ2n) is 5.56. The van der Waals surface area contributed by atoms with Gasteiger partial charge in [0, 0.05) is 5.75 Å². The van der Waals surface area contributed by atoms with Crippen LogP contribution in [0.3, 0.4) is 0 Å². The lowest BCUT2D eigenvalue weighted by molar-refractivity contribution is -0.142. The predicted octanol–water partition coefficient (Wildman–Crippen LogP) is 2.81. The van der Waals surface area contributed by atoms with Crippen LogP contribution in [0.15, 0.2) is 10.7 Å². The number of allylic oxidation sites excluding steroid dienone is 2. The van der Waals surface area contributed by atoms with Gasteiger partial charge in [0.05, 0.1) is 12.0 Å². The molecule has 0 radical (unpaired) electrons. The molecule has 0 aliphatic rings. The highest BCUT2D eigenvalue weighted by Gasteiger charge is 2.25. The van der Waals surface area contributed by atoms with E-state index in [0.717, 1.165) is 21.6 Å². The zero-order chi connectivity index (χ0) is 18.2. The maximum absolute atomic E-state index is 11.7. The smallest absolute Gasteiger partial charge is 0.408 e. The van der Waals surface area contributed by atoms with Crippen molar-refractivity contribution in [2.75, 3.05) is 12.9 Å². The molecule has 0 bridgehead atoms. The van der Waals surface area contributed by atoms with Gasteiger partial charge in [-0.3, -0.25) is 4.79 Å². The van der Waals surface area contributed by atoms with Gasteiger partial charge >= 0.3 is 12.1 Å². The molecule has 0 aromatic rings. The molecule has 7 nitrogen and oxygen atoms in total. The second-order valence-corrected chi connectivity index (χ2v) is 7.91. The maximum atomic E-state index is 11.7. The van der Waals surface area contributed by atoms with Gasteiger partial charge in [-0.25, -0.2) is 9.59 Å². The van der Waals surface area contributed by atoms with Crippen molar-refractivity contribution in [2.45, 2.75) is 46.3 Å². The molecule has 0 unspecified atom stereocenters. The van der Waals surface area contributed by atoms with E-state index in [4.69, 9.17) is 4.74 Å². The molecular formula is C14H23NO6S2. The second kappa shape index (κ2) is 9.71. The summed E-state index contributed by atoms with van der Waals surface area (Å²) in [7, 11) is 3.38. The number of rotatable bonds is 7. The number of hydrogen-bond donors (Lipinski definition) is 2. The number of esters is 1. The van der Waals surface area contributed by atoms with Crippen LogP contribution >= 0.6 is 21.6 Å². The number of hydrogen-bond acceptors (Lipinski definition) is 8. The van der Waals surface area contributed by atoms with Crippen molar-refractivity contribution in [3.05, 3.63) is 10.7 Å². The molecule has 1 amide bonds. The minimum Gasteiger partial charge on any atom is -0.511 e. The van der Waals surface area contributed by atoms with Gasteiger partial charge in [0.2, 0.25) is 0 Å². The Bertz CT molecular complexity index is 480. The lowest BCUT2D eigenvalue weighted by Gasteiger charge is -2.22. The Hall–Kier alpha value is -1.35. The van der Waals surface area contributed by atoms with Gasteiger partial charge in [-0.15, -0.1) is 0 Å². The summed E-state index contributed by atoms with van der Waals surface area (Å²) in [6.07, 6.45) is -0.737. The van der Waals surface area contributed by atoms with Crippen LogP contribution in [-0.2, 0) is 19.1 Å². The molecule has 0 saturated carbocycles. The summed E-state index contributed by atoms with van der Waals surface area (Å²) in [6.45, 7) is 7.86. The van der Waals surface area contributed by atoms with E-state index >= 15 is 0 Å². The monoisotopic (exact) mass is 365 g/mol. The Labute approximate surface area is 143 Å². The van der Waals surface area contributed by atoms with Crippen molar-refractivity contribution in [1.29, 1.82) is 0 Å². The molecule has 132 valence electrons. The fourth-order valence-electron chi connectivity index (χ4n) is 1.30. The number of aliphatic hydroxyl groups is 1. The van der Waals surface area contributed by atoms with E-state index < -0.39 is 23.7 Å². The first-order valence-corrected chi connectivity index (χ1v) is 9.07. The lowest BCUT2D eigenvalue weighted by atomic mass is 10.2. The Morgan fingerprint density at radius 2 is 1.78 bits per heavy atom. The number of alkyl carbamates (subject to hydrolysis) is 1. The van der Waals surface area contributed by atoms with E-state index in [9.17, 15) is 19.5 Å². The standard InChI is InChI=1S/C14H23NO6S2/c1-8(16)11(9(2)17)23-22-7-10(12(18)20-6)15-13(19)21-14(3,4)5/h10,16H,7H2,1-6H3,(H,15,19)/b11-8+/t10-/m0/s1. The van der Waals surface area contributed by atoms with Crippen molar-refractivity contribution < 1.29 is 29.0 Å². The third-order valence-corrected chi connectivity index (χ3v) is 4.80. The molecule has 0 rings (SSSR count). The fourth-order valence-corrected chi connectivity index (χ4v) is 3.75. The number of ether oxygens (including phenoxy) is 2. The number of ketones is 1. The average molecular weight is 365 g/mol. The zero-order valence-corrected chi connectivity index (χ0v) is 15.7. The molecule has 0 saturated heterocycles. The molecule has 1 atom stereocenters. The summed E-state index contributed by atoms with van der Waals surface area (Å²) in [4.78, 5) is 35.0. The van der Waals surface area contributed by atoms with Crippen LogP contribution in [0.1, 0.15) is 34.6 Å². The largest absolute Gasteiger partial charge is 0.511 e.